The van der Waals surface area contributed by atoms with Crippen LogP contribution < -0.4 is 11.5 Å². The number of hydrogen-bond donors (Lipinski definition) is 2. The molecule has 0 aliphatic heterocycles. The minimum absolute atomic E-state index is 0.186. The number of halogens is 2. The topological polar surface area (TPSA) is 52.0 Å². The average Bonchev–Trinajstić information content (AvgIpc) is 2.09. The maximum absolute atomic E-state index is 13.1. The third-order valence-corrected chi connectivity index (χ3v) is 1.84. The maximum Gasteiger partial charge on any atom is 0.128 e. The van der Waals surface area contributed by atoms with Crippen LogP contribution in [-0.2, 0) is 0 Å². The molecule has 4 N–H and O–H groups in total. The Balaban J connectivity index is 2.91. The smallest absolute Gasteiger partial charge is 0.128 e. The lowest BCUT2D eigenvalue weighted by molar-refractivity contribution is 0.551. The van der Waals surface area contributed by atoms with Gasteiger partial charge in [-0.2, -0.15) is 0 Å². The lowest BCUT2D eigenvalue weighted by atomic mass is 10.0. The van der Waals surface area contributed by atoms with Crippen LogP contribution in [0.3, 0.4) is 0 Å². The van der Waals surface area contributed by atoms with Crippen molar-refractivity contribution in [1.29, 1.82) is 0 Å². The number of hydrogen-bond acceptors (Lipinski definition) is 2. The molecular formula is C9H12F2N2. The summed E-state index contributed by atoms with van der Waals surface area (Å²) in [5.41, 5.74) is 11.0. The zero-order chi connectivity index (χ0) is 9.84. The Labute approximate surface area is 75.5 Å². The van der Waals surface area contributed by atoms with Gasteiger partial charge >= 0.3 is 0 Å². The standard InChI is InChI=1S/C9H12F2N2/c10-6-1-2-8(11)7(5-6)9(13)3-4-12/h1-2,5,9H,3-4,12-13H2/t9-/m0/s1. The van der Waals surface area contributed by atoms with Gasteiger partial charge < -0.3 is 11.5 Å². The van der Waals surface area contributed by atoms with E-state index in [-0.39, 0.29) is 5.56 Å². The molecule has 0 amide bonds. The van der Waals surface area contributed by atoms with Crippen LogP contribution in [0.2, 0.25) is 0 Å². The van der Waals surface area contributed by atoms with E-state index in [1.807, 2.05) is 0 Å². The molecule has 0 saturated carbocycles. The van der Waals surface area contributed by atoms with E-state index in [9.17, 15) is 8.78 Å². The lowest BCUT2D eigenvalue weighted by Crippen LogP contribution is -2.16. The SMILES string of the molecule is NCC[C@H](N)c1cc(F)ccc1F. The summed E-state index contributed by atoms with van der Waals surface area (Å²) >= 11 is 0. The van der Waals surface area contributed by atoms with Gasteiger partial charge in [0, 0.05) is 11.6 Å². The summed E-state index contributed by atoms with van der Waals surface area (Å²) in [4.78, 5) is 0. The largest absolute Gasteiger partial charge is 0.330 e. The van der Waals surface area contributed by atoms with Crippen LogP contribution in [0.15, 0.2) is 18.2 Å². The highest BCUT2D eigenvalue weighted by Crippen LogP contribution is 2.18. The molecule has 0 unspecified atom stereocenters. The van der Waals surface area contributed by atoms with E-state index in [0.29, 0.717) is 13.0 Å². The molecule has 1 atom stereocenters. The third-order valence-electron chi connectivity index (χ3n) is 1.84. The second-order valence-electron chi connectivity index (χ2n) is 2.85. The first kappa shape index (κ1) is 10.1. The highest BCUT2D eigenvalue weighted by molar-refractivity contribution is 5.21. The molecule has 2 nitrogen and oxygen atoms in total. The molecule has 1 rings (SSSR count). The predicted molar refractivity (Wildman–Crippen MR) is 47.0 cm³/mol. The first-order valence-electron chi connectivity index (χ1n) is 4.05. The Morgan fingerprint density at radius 2 is 2.00 bits per heavy atom. The zero-order valence-corrected chi connectivity index (χ0v) is 7.13. The number of nitrogens with two attached hydrogens (primary N) is 2. The summed E-state index contributed by atoms with van der Waals surface area (Å²) in [6.07, 6.45) is 0.445. The minimum atomic E-state index is -0.527. The van der Waals surface area contributed by atoms with Crippen LogP contribution in [-0.4, -0.2) is 6.54 Å². The summed E-state index contributed by atoms with van der Waals surface area (Å²) in [6, 6.07) is 2.71. The Hall–Kier alpha value is -1.00. The Morgan fingerprint density at radius 3 is 2.62 bits per heavy atom. The predicted octanol–water partition coefficient (Wildman–Crippen LogP) is 1.31. The van der Waals surface area contributed by atoms with E-state index >= 15 is 0 Å². The van der Waals surface area contributed by atoms with Gasteiger partial charge in [-0.05, 0) is 31.2 Å². The van der Waals surface area contributed by atoms with Gasteiger partial charge in [0.25, 0.3) is 0 Å². The maximum atomic E-state index is 13.1. The normalized spacial score (nSPS) is 12.9. The molecule has 0 saturated heterocycles. The van der Waals surface area contributed by atoms with Gasteiger partial charge in [-0.1, -0.05) is 0 Å². The molecule has 1 aromatic rings. The molecule has 0 aliphatic rings. The Bertz CT molecular complexity index is 289. The third kappa shape index (κ3) is 2.47. The summed E-state index contributed by atoms with van der Waals surface area (Å²) in [5, 5.41) is 0. The van der Waals surface area contributed by atoms with E-state index in [2.05, 4.69) is 0 Å². The van der Waals surface area contributed by atoms with Crippen LogP contribution in [0.4, 0.5) is 8.78 Å². The molecule has 72 valence electrons. The molecular weight excluding hydrogens is 174 g/mol. The van der Waals surface area contributed by atoms with Crippen molar-refractivity contribution >= 4 is 0 Å². The minimum Gasteiger partial charge on any atom is -0.330 e. The van der Waals surface area contributed by atoms with Gasteiger partial charge in [-0.15, -0.1) is 0 Å². The molecule has 0 aliphatic carbocycles. The van der Waals surface area contributed by atoms with Gasteiger partial charge in [0.05, 0.1) is 0 Å². The van der Waals surface area contributed by atoms with Gasteiger partial charge in [0.15, 0.2) is 0 Å². The second kappa shape index (κ2) is 4.30. The first-order valence-corrected chi connectivity index (χ1v) is 4.05. The fourth-order valence-corrected chi connectivity index (χ4v) is 1.13. The van der Waals surface area contributed by atoms with Crippen LogP contribution in [0.1, 0.15) is 18.0 Å². The van der Waals surface area contributed by atoms with Crippen LogP contribution in [0.25, 0.3) is 0 Å². The Morgan fingerprint density at radius 1 is 1.31 bits per heavy atom. The monoisotopic (exact) mass is 186 g/mol. The number of rotatable bonds is 3. The van der Waals surface area contributed by atoms with Crippen molar-refractivity contribution in [2.75, 3.05) is 6.54 Å². The van der Waals surface area contributed by atoms with Crippen molar-refractivity contribution in [3.63, 3.8) is 0 Å². The fraction of sp³-hybridized carbons (Fsp3) is 0.333. The number of benzene rings is 1. The molecule has 0 heterocycles. The average molecular weight is 186 g/mol. The second-order valence-corrected chi connectivity index (χ2v) is 2.85. The van der Waals surface area contributed by atoms with Gasteiger partial charge in [-0.3, -0.25) is 0 Å². The van der Waals surface area contributed by atoms with Gasteiger partial charge in [0.1, 0.15) is 11.6 Å². The van der Waals surface area contributed by atoms with Gasteiger partial charge in [0.2, 0.25) is 0 Å². The molecule has 0 bridgehead atoms. The van der Waals surface area contributed by atoms with Crippen LogP contribution in [0.5, 0.6) is 0 Å². The van der Waals surface area contributed by atoms with Crippen molar-refractivity contribution in [2.24, 2.45) is 11.5 Å². The van der Waals surface area contributed by atoms with E-state index in [4.69, 9.17) is 11.5 Å². The molecule has 0 radical (unpaired) electrons. The molecule has 0 spiro atoms. The van der Waals surface area contributed by atoms with Crippen LogP contribution >= 0.6 is 0 Å². The van der Waals surface area contributed by atoms with Crippen molar-refractivity contribution in [2.45, 2.75) is 12.5 Å². The summed E-state index contributed by atoms with van der Waals surface area (Å²) in [5.74, 6) is -0.966. The highest BCUT2D eigenvalue weighted by Gasteiger charge is 2.11. The fourth-order valence-electron chi connectivity index (χ4n) is 1.13. The Kier molecular flexibility index (Phi) is 3.33. The molecule has 13 heavy (non-hydrogen) atoms. The van der Waals surface area contributed by atoms with Gasteiger partial charge in [-0.25, -0.2) is 8.78 Å². The molecule has 1 aromatic carbocycles. The quantitative estimate of drug-likeness (QED) is 0.747. The van der Waals surface area contributed by atoms with E-state index in [0.717, 1.165) is 18.2 Å². The van der Waals surface area contributed by atoms with Crippen molar-refractivity contribution in [3.05, 3.63) is 35.4 Å². The molecule has 4 heteroatoms. The summed E-state index contributed by atoms with van der Waals surface area (Å²) in [7, 11) is 0. The lowest BCUT2D eigenvalue weighted by Gasteiger charge is -2.11. The van der Waals surface area contributed by atoms with Crippen molar-refractivity contribution in [3.8, 4) is 0 Å². The van der Waals surface area contributed by atoms with Crippen LogP contribution in [0, 0.1) is 11.6 Å². The summed E-state index contributed by atoms with van der Waals surface area (Å²) < 4.78 is 25.8. The first-order chi connectivity index (χ1) is 6.15. The zero-order valence-electron chi connectivity index (χ0n) is 7.13. The van der Waals surface area contributed by atoms with E-state index in [1.54, 1.807) is 0 Å². The molecule has 0 fully saturated rings. The van der Waals surface area contributed by atoms with E-state index < -0.39 is 17.7 Å². The van der Waals surface area contributed by atoms with Crippen molar-refractivity contribution in [1.82, 2.24) is 0 Å². The molecule has 0 aromatic heterocycles. The highest BCUT2D eigenvalue weighted by atomic mass is 19.1. The van der Waals surface area contributed by atoms with E-state index in [1.165, 1.54) is 0 Å². The summed E-state index contributed by atoms with van der Waals surface area (Å²) in [6.45, 7) is 0.358. The van der Waals surface area contributed by atoms with Crippen molar-refractivity contribution < 1.29 is 8.78 Å².